The van der Waals surface area contributed by atoms with Crippen LogP contribution in [-0.4, -0.2) is 51.0 Å². The van der Waals surface area contributed by atoms with Crippen molar-refractivity contribution in [3.8, 4) is 23.2 Å². The van der Waals surface area contributed by atoms with Crippen LogP contribution in [0, 0.1) is 17.7 Å². The second-order valence-electron chi connectivity index (χ2n) is 7.09. The number of primary amides is 1. The highest BCUT2D eigenvalue weighted by atomic mass is 19.1. The number of hydrogen-bond acceptors (Lipinski definition) is 5. The number of rotatable bonds is 2. The minimum atomic E-state index is -1.71. The van der Waals surface area contributed by atoms with Crippen LogP contribution < -0.4 is 5.73 Å². The third-order valence-electron chi connectivity index (χ3n) is 4.94. The molecule has 1 aliphatic heterocycles. The molecular formula is C22H17FN4O3. The zero-order valence-corrected chi connectivity index (χ0v) is 16.0. The number of nitrogens with zero attached hydrogens (tertiary/aromatic N) is 3. The Balaban J connectivity index is 1.77. The molecule has 0 bridgehead atoms. The smallest absolute Gasteiger partial charge is 0.268 e. The van der Waals surface area contributed by atoms with E-state index in [9.17, 15) is 19.1 Å². The van der Waals surface area contributed by atoms with E-state index in [2.05, 4.69) is 21.8 Å². The van der Waals surface area contributed by atoms with Crippen LogP contribution in [0.4, 0.5) is 4.39 Å². The average molecular weight is 404 g/mol. The van der Waals surface area contributed by atoms with Gasteiger partial charge in [0.1, 0.15) is 11.5 Å². The van der Waals surface area contributed by atoms with Crippen molar-refractivity contribution >= 4 is 22.7 Å². The van der Waals surface area contributed by atoms with Gasteiger partial charge in [-0.05, 0) is 24.3 Å². The predicted molar refractivity (Wildman–Crippen MR) is 108 cm³/mol. The van der Waals surface area contributed by atoms with E-state index < -0.39 is 23.2 Å². The van der Waals surface area contributed by atoms with E-state index >= 15 is 0 Å². The molecule has 0 radical (unpaired) electrons. The third kappa shape index (κ3) is 3.47. The molecule has 1 aromatic heterocycles. The molecule has 3 aromatic rings. The summed E-state index contributed by atoms with van der Waals surface area (Å²) in [5, 5.41) is 10.8. The number of fused-ring (bicyclic) bond motifs is 1. The third-order valence-corrected chi connectivity index (χ3v) is 4.94. The summed E-state index contributed by atoms with van der Waals surface area (Å²) in [7, 11) is 1.61. The van der Waals surface area contributed by atoms with Gasteiger partial charge in [-0.15, -0.1) is 0 Å². The summed E-state index contributed by atoms with van der Waals surface area (Å²) >= 11 is 0. The number of halogens is 1. The summed E-state index contributed by atoms with van der Waals surface area (Å²) < 4.78 is 13.7. The summed E-state index contributed by atoms with van der Waals surface area (Å²) in [4.78, 5) is 33.9. The molecule has 0 aliphatic carbocycles. The Labute approximate surface area is 171 Å². The monoisotopic (exact) mass is 404 g/mol. The summed E-state index contributed by atoms with van der Waals surface area (Å²) in [6.07, 6.45) is 0.232. The van der Waals surface area contributed by atoms with E-state index in [1.165, 1.54) is 23.1 Å². The van der Waals surface area contributed by atoms with Crippen LogP contribution in [-0.2, 0) is 4.79 Å². The van der Waals surface area contributed by atoms with Crippen LogP contribution in [0.5, 0.6) is 0 Å². The Morgan fingerprint density at radius 3 is 2.77 bits per heavy atom. The van der Waals surface area contributed by atoms with Crippen molar-refractivity contribution in [1.29, 1.82) is 0 Å². The molecule has 1 fully saturated rings. The Morgan fingerprint density at radius 1 is 1.27 bits per heavy atom. The minimum Gasteiger partial charge on any atom is -0.369 e. The summed E-state index contributed by atoms with van der Waals surface area (Å²) in [5.74, 6) is 3.96. The SMILES string of the molecule is CN1CCC(O)(C#Cc2cccc(-c3nc(C(N)=O)c4ccc(F)cc4n3)c2)C1=O. The molecule has 2 aromatic carbocycles. The molecule has 3 N–H and O–H groups in total. The van der Waals surface area contributed by atoms with Crippen LogP contribution in [0.3, 0.4) is 0 Å². The number of aliphatic hydroxyl groups is 1. The Morgan fingerprint density at radius 2 is 2.07 bits per heavy atom. The lowest BCUT2D eigenvalue weighted by atomic mass is 10.0. The number of amides is 2. The Hall–Kier alpha value is -3.83. The Kier molecular flexibility index (Phi) is 4.68. The van der Waals surface area contributed by atoms with Gasteiger partial charge in [-0.1, -0.05) is 24.0 Å². The van der Waals surface area contributed by atoms with E-state index in [1.54, 1.807) is 31.3 Å². The largest absolute Gasteiger partial charge is 0.369 e. The van der Waals surface area contributed by atoms with Crippen molar-refractivity contribution < 1.29 is 19.1 Å². The molecule has 1 unspecified atom stereocenters. The summed E-state index contributed by atoms with van der Waals surface area (Å²) in [6.45, 7) is 0.432. The zero-order valence-electron chi connectivity index (χ0n) is 16.0. The van der Waals surface area contributed by atoms with Crippen LogP contribution in [0.1, 0.15) is 22.5 Å². The number of likely N-dealkylation sites (tertiary alicyclic amines) is 1. The molecule has 30 heavy (non-hydrogen) atoms. The van der Waals surface area contributed by atoms with Crippen molar-refractivity contribution in [3.05, 3.63) is 59.5 Å². The maximum atomic E-state index is 13.7. The molecular weight excluding hydrogens is 387 g/mol. The first-order valence-corrected chi connectivity index (χ1v) is 9.15. The van der Waals surface area contributed by atoms with Gasteiger partial charge in [0.15, 0.2) is 5.82 Å². The lowest BCUT2D eigenvalue weighted by Crippen LogP contribution is -2.37. The van der Waals surface area contributed by atoms with E-state index in [1.807, 2.05) is 0 Å². The van der Waals surface area contributed by atoms with Crippen molar-refractivity contribution in [3.63, 3.8) is 0 Å². The quantitative estimate of drug-likeness (QED) is 0.629. The van der Waals surface area contributed by atoms with Crippen molar-refractivity contribution in [1.82, 2.24) is 14.9 Å². The predicted octanol–water partition coefficient (Wildman–Crippen LogP) is 1.48. The Bertz CT molecular complexity index is 1260. The van der Waals surface area contributed by atoms with Gasteiger partial charge >= 0.3 is 0 Å². The first-order chi connectivity index (χ1) is 14.3. The number of carbonyl (C=O) groups excluding carboxylic acids is 2. The fraction of sp³-hybridized carbons (Fsp3) is 0.182. The van der Waals surface area contributed by atoms with Crippen LogP contribution in [0.25, 0.3) is 22.3 Å². The van der Waals surface area contributed by atoms with Crippen molar-refractivity contribution in [2.45, 2.75) is 12.0 Å². The lowest BCUT2D eigenvalue weighted by molar-refractivity contribution is -0.137. The van der Waals surface area contributed by atoms with Gasteiger partial charge in [0.2, 0.25) is 5.60 Å². The number of likely N-dealkylation sites (N-methyl/N-ethyl adjacent to an activating group) is 1. The molecule has 2 amide bonds. The van der Waals surface area contributed by atoms with E-state index in [0.717, 1.165) is 0 Å². The van der Waals surface area contributed by atoms with E-state index in [0.29, 0.717) is 23.1 Å². The molecule has 2 heterocycles. The molecule has 0 spiro atoms. The first-order valence-electron chi connectivity index (χ1n) is 9.15. The lowest BCUT2D eigenvalue weighted by Gasteiger charge is -2.13. The molecule has 7 nitrogen and oxygen atoms in total. The molecule has 4 rings (SSSR count). The number of carbonyl (C=O) groups is 2. The van der Waals surface area contributed by atoms with Gasteiger partial charge in [0.05, 0.1) is 5.52 Å². The van der Waals surface area contributed by atoms with Crippen LogP contribution in [0.2, 0.25) is 0 Å². The molecule has 1 saturated heterocycles. The fourth-order valence-corrected chi connectivity index (χ4v) is 3.30. The van der Waals surface area contributed by atoms with Crippen molar-refractivity contribution in [2.75, 3.05) is 13.6 Å². The zero-order chi connectivity index (χ0) is 21.5. The normalized spacial score (nSPS) is 18.4. The maximum Gasteiger partial charge on any atom is 0.268 e. The van der Waals surface area contributed by atoms with Gasteiger partial charge in [-0.3, -0.25) is 9.59 Å². The molecule has 0 saturated carbocycles. The first kappa shape index (κ1) is 19.5. The molecule has 150 valence electrons. The van der Waals surface area contributed by atoms with Crippen molar-refractivity contribution in [2.24, 2.45) is 5.73 Å². The fourth-order valence-electron chi connectivity index (χ4n) is 3.30. The van der Waals surface area contributed by atoms with Gasteiger partial charge in [0.25, 0.3) is 11.8 Å². The molecule has 1 aliphatic rings. The minimum absolute atomic E-state index is 0.0135. The standard InChI is InChI=1S/C22H17FN4O3/c1-27-10-9-22(30,21(27)29)8-7-13-3-2-4-14(11-13)20-25-17-12-15(23)5-6-16(17)18(26-20)19(24)28/h2-6,11-12,30H,9-10H2,1H3,(H2,24,28). The van der Waals surface area contributed by atoms with Crippen LogP contribution >= 0.6 is 0 Å². The van der Waals surface area contributed by atoms with Gasteiger partial charge in [-0.25, -0.2) is 14.4 Å². The number of benzene rings is 2. The number of hydrogen-bond donors (Lipinski definition) is 2. The van der Waals surface area contributed by atoms with E-state index in [-0.39, 0.29) is 23.5 Å². The van der Waals surface area contributed by atoms with E-state index in [4.69, 9.17) is 5.73 Å². The topological polar surface area (TPSA) is 109 Å². The number of nitrogens with two attached hydrogens (primary N) is 1. The number of aromatic nitrogens is 2. The summed E-state index contributed by atoms with van der Waals surface area (Å²) in [5.41, 5.74) is 5.02. The second kappa shape index (κ2) is 7.21. The second-order valence-corrected chi connectivity index (χ2v) is 7.09. The molecule has 1 atom stereocenters. The maximum absolute atomic E-state index is 13.7. The summed E-state index contributed by atoms with van der Waals surface area (Å²) in [6, 6.07) is 10.6. The van der Waals surface area contributed by atoms with Gasteiger partial charge in [-0.2, -0.15) is 0 Å². The van der Waals surface area contributed by atoms with Gasteiger partial charge < -0.3 is 15.7 Å². The average Bonchev–Trinajstić information content (AvgIpc) is 2.99. The highest BCUT2D eigenvalue weighted by Gasteiger charge is 2.42. The highest BCUT2D eigenvalue weighted by molar-refractivity contribution is 6.04. The highest BCUT2D eigenvalue weighted by Crippen LogP contribution is 2.24. The van der Waals surface area contributed by atoms with Crippen LogP contribution in [0.15, 0.2) is 42.5 Å². The molecule has 8 heteroatoms. The van der Waals surface area contributed by atoms with Gasteiger partial charge in [0, 0.05) is 42.6 Å².